The van der Waals surface area contributed by atoms with Gasteiger partial charge in [-0.05, 0) is 19.1 Å². The van der Waals surface area contributed by atoms with Crippen molar-refractivity contribution in [2.45, 2.75) is 12.8 Å². The summed E-state index contributed by atoms with van der Waals surface area (Å²) >= 11 is 0. The molecule has 1 aromatic carbocycles. The molecule has 0 aliphatic carbocycles. The van der Waals surface area contributed by atoms with Crippen LogP contribution in [0.5, 0.6) is 0 Å². The lowest BCUT2D eigenvalue weighted by atomic mass is 10.4. The number of rotatable bonds is 2. The van der Waals surface area contributed by atoms with Gasteiger partial charge < -0.3 is 10.00 Å². The molecule has 4 heteroatoms. The Balaban J connectivity index is 3.07. The van der Waals surface area contributed by atoms with E-state index in [1.165, 1.54) is 19.1 Å². The summed E-state index contributed by atoms with van der Waals surface area (Å²) in [7, 11) is -3.56. The predicted octanol–water partition coefficient (Wildman–Crippen LogP) is 0.921. The zero-order valence-electron chi connectivity index (χ0n) is 6.71. The van der Waals surface area contributed by atoms with Gasteiger partial charge in [-0.3, -0.25) is 4.57 Å². The third-order valence-corrected chi connectivity index (χ3v) is 3.68. The van der Waals surface area contributed by atoms with Gasteiger partial charge in [-0.15, -0.1) is 0 Å². The normalized spacial score (nSPS) is 18.2. The highest BCUT2D eigenvalue weighted by molar-refractivity contribution is 7.66. The van der Waals surface area contributed by atoms with Gasteiger partial charge in [0.25, 0.3) is 7.37 Å². The second-order valence-corrected chi connectivity index (χ2v) is 5.10. The molecule has 3 nitrogen and oxygen atoms in total. The molecule has 2 unspecified atom stereocenters. The number of benzene rings is 1. The third kappa shape index (κ3) is 1.75. The fourth-order valence-corrected chi connectivity index (χ4v) is 1.89. The molecule has 12 heavy (non-hydrogen) atoms. The van der Waals surface area contributed by atoms with E-state index in [2.05, 4.69) is 0 Å². The quantitative estimate of drug-likeness (QED) is 0.675. The highest BCUT2D eigenvalue weighted by atomic mass is 31.2. The van der Waals surface area contributed by atoms with Gasteiger partial charge >= 0.3 is 0 Å². The van der Waals surface area contributed by atoms with Gasteiger partial charge in [0, 0.05) is 5.30 Å². The number of aliphatic hydroxyl groups excluding tert-OH is 1. The van der Waals surface area contributed by atoms with Crippen molar-refractivity contribution in [3.05, 3.63) is 30.3 Å². The molecule has 2 atom stereocenters. The maximum Gasteiger partial charge on any atom is 0.256 e. The summed E-state index contributed by atoms with van der Waals surface area (Å²) in [5.41, 5.74) is 0. The average Bonchev–Trinajstić information content (AvgIpc) is 2.06. The molecule has 0 spiro atoms. The lowest BCUT2D eigenvalue weighted by Crippen LogP contribution is -2.13. The zero-order chi connectivity index (χ0) is 9.19. The van der Waals surface area contributed by atoms with Crippen LogP contribution in [-0.4, -0.2) is 15.8 Å². The molecular formula is C8H11O3P. The van der Waals surface area contributed by atoms with E-state index < -0.39 is 13.2 Å². The lowest BCUT2D eigenvalue weighted by Gasteiger charge is -2.13. The van der Waals surface area contributed by atoms with Gasteiger partial charge in [0.05, 0.1) is 0 Å². The van der Waals surface area contributed by atoms with Crippen molar-refractivity contribution < 1.29 is 14.6 Å². The van der Waals surface area contributed by atoms with Crippen LogP contribution in [0.3, 0.4) is 0 Å². The Morgan fingerprint density at radius 3 is 2.25 bits per heavy atom. The van der Waals surface area contributed by atoms with Crippen molar-refractivity contribution in [1.29, 1.82) is 0 Å². The minimum absolute atomic E-state index is 0.292. The molecule has 66 valence electrons. The number of aliphatic hydroxyl groups is 1. The van der Waals surface area contributed by atoms with Crippen molar-refractivity contribution >= 4 is 12.7 Å². The average molecular weight is 186 g/mol. The standard InChI is InChI=1S/C8H11O3P/c1-7(9)12(10,11)8-5-3-2-4-6-8/h2-7,9H,1H3,(H,10,11). The highest BCUT2D eigenvalue weighted by Crippen LogP contribution is 2.43. The maximum absolute atomic E-state index is 11.4. The van der Waals surface area contributed by atoms with E-state index >= 15 is 0 Å². The number of hydrogen-bond acceptors (Lipinski definition) is 2. The first-order valence-electron chi connectivity index (χ1n) is 3.61. The first-order chi connectivity index (χ1) is 5.55. The molecule has 0 saturated heterocycles. The van der Waals surface area contributed by atoms with Crippen molar-refractivity contribution in [2.24, 2.45) is 0 Å². The fraction of sp³-hybridized carbons (Fsp3) is 0.250. The van der Waals surface area contributed by atoms with Crippen LogP contribution in [0.4, 0.5) is 0 Å². The van der Waals surface area contributed by atoms with Crippen LogP contribution >= 0.6 is 7.37 Å². The maximum atomic E-state index is 11.4. The van der Waals surface area contributed by atoms with Gasteiger partial charge in [0.2, 0.25) is 0 Å². The van der Waals surface area contributed by atoms with Crippen molar-refractivity contribution in [3.8, 4) is 0 Å². The first-order valence-corrected chi connectivity index (χ1v) is 5.34. The summed E-state index contributed by atoms with van der Waals surface area (Å²) < 4.78 is 11.4. The molecule has 0 aliphatic heterocycles. The summed E-state index contributed by atoms with van der Waals surface area (Å²) in [5, 5.41) is 9.31. The largest absolute Gasteiger partial charge is 0.383 e. The predicted molar refractivity (Wildman–Crippen MR) is 47.6 cm³/mol. The van der Waals surface area contributed by atoms with Gasteiger partial charge in [-0.1, -0.05) is 18.2 Å². The van der Waals surface area contributed by atoms with E-state index in [9.17, 15) is 9.46 Å². The van der Waals surface area contributed by atoms with Gasteiger partial charge in [-0.2, -0.15) is 0 Å². The molecule has 0 heterocycles. The van der Waals surface area contributed by atoms with Gasteiger partial charge in [-0.25, -0.2) is 0 Å². The van der Waals surface area contributed by atoms with Crippen LogP contribution in [0.1, 0.15) is 6.92 Å². The molecule has 1 aromatic rings. The molecule has 0 bridgehead atoms. The molecule has 0 amide bonds. The summed E-state index contributed by atoms with van der Waals surface area (Å²) in [6.07, 6.45) is 0. The SMILES string of the molecule is CC(O)P(=O)(O)c1ccccc1. The third-order valence-electron chi connectivity index (χ3n) is 1.63. The van der Waals surface area contributed by atoms with Crippen molar-refractivity contribution in [1.82, 2.24) is 0 Å². The van der Waals surface area contributed by atoms with E-state index in [0.717, 1.165) is 0 Å². The van der Waals surface area contributed by atoms with Crippen LogP contribution in [0.15, 0.2) is 30.3 Å². The Bertz CT molecular complexity index is 294. The summed E-state index contributed by atoms with van der Waals surface area (Å²) in [6, 6.07) is 8.16. The Hall–Kier alpha value is -0.630. The number of hydrogen-bond donors (Lipinski definition) is 2. The molecule has 0 saturated carbocycles. The fourth-order valence-electron chi connectivity index (χ4n) is 0.857. The Morgan fingerprint density at radius 1 is 1.33 bits per heavy atom. The molecule has 1 rings (SSSR count). The Morgan fingerprint density at radius 2 is 1.83 bits per heavy atom. The first kappa shape index (κ1) is 9.46. The van der Waals surface area contributed by atoms with Crippen LogP contribution < -0.4 is 5.30 Å². The van der Waals surface area contributed by atoms with Crippen LogP contribution in [0, 0.1) is 0 Å². The smallest absolute Gasteiger partial charge is 0.256 e. The monoisotopic (exact) mass is 186 g/mol. The van der Waals surface area contributed by atoms with E-state index in [4.69, 9.17) is 5.11 Å². The Labute approximate surface area is 71.1 Å². The second kappa shape index (κ2) is 3.40. The Kier molecular flexibility index (Phi) is 2.68. The molecule has 2 N–H and O–H groups in total. The molecule has 0 fully saturated rings. The molecule has 0 aromatic heterocycles. The van der Waals surface area contributed by atoms with Crippen LogP contribution in [0.2, 0.25) is 0 Å². The summed E-state index contributed by atoms with van der Waals surface area (Å²) in [5.74, 6) is -1.21. The van der Waals surface area contributed by atoms with Crippen LogP contribution in [-0.2, 0) is 4.57 Å². The van der Waals surface area contributed by atoms with E-state index in [-0.39, 0.29) is 0 Å². The molecule has 0 aliphatic rings. The van der Waals surface area contributed by atoms with Crippen LogP contribution in [0.25, 0.3) is 0 Å². The minimum Gasteiger partial charge on any atom is -0.383 e. The highest BCUT2D eigenvalue weighted by Gasteiger charge is 2.26. The molecular weight excluding hydrogens is 175 g/mol. The molecule has 0 radical (unpaired) electrons. The van der Waals surface area contributed by atoms with Gasteiger partial charge in [0.1, 0.15) is 5.85 Å². The van der Waals surface area contributed by atoms with Gasteiger partial charge in [0.15, 0.2) is 0 Å². The topological polar surface area (TPSA) is 57.5 Å². The summed E-state index contributed by atoms with van der Waals surface area (Å²) in [6.45, 7) is 1.31. The van der Waals surface area contributed by atoms with E-state index in [1.807, 2.05) is 0 Å². The van der Waals surface area contributed by atoms with E-state index in [1.54, 1.807) is 18.2 Å². The van der Waals surface area contributed by atoms with E-state index in [0.29, 0.717) is 5.30 Å². The van der Waals surface area contributed by atoms with Crippen molar-refractivity contribution in [2.75, 3.05) is 0 Å². The lowest BCUT2D eigenvalue weighted by molar-refractivity contribution is 0.252. The zero-order valence-corrected chi connectivity index (χ0v) is 7.61. The van der Waals surface area contributed by atoms with Crippen molar-refractivity contribution in [3.63, 3.8) is 0 Å². The summed E-state index contributed by atoms with van der Waals surface area (Å²) in [4.78, 5) is 9.37. The second-order valence-electron chi connectivity index (χ2n) is 2.59. The minimum atomic E-state index is -3.56.